The molecule has 0 radical (unpaired) electrons. The number of halogens is 2. The first-order valence-corrected chi connectivity index (χ1v) is 16.5. The molecular weight excluding hydrogens is 593 g/mol. The third-order valence-corrected chi connectivity index (χ3v) is 8.66. The Bertz CT molecular complexity index is 1480. The number of anilines is 1. The maximum atomic E-state index is 14.3. The van der Waals surface area contributed by atoms with Crippen LogP contribution in [-0.4, -0.2) is 50.5 Å². The molecule has 2 amide bonds. The fraction of sp³-hybridized carbons (Fsp3) is 0.375. The number of carbonyl (C=O) groups is 2. The molecule has 3 aromatic carbocycles. The van der Waals surface area contributed by atoms with Gasteiger partial charge < -0.3 is 10.2 Å². The summed E-state index contributed by atoms with van der Waals surface area (Å²) in [6.07, 6.45) is 1.32. The normalized spacial score (nSPS) is 12.3. The van der Waals surface area contributed by atoms with Crippen molar-refractivity contribution in [3.8, 4) is 0 Å². The number of para-hydroxylation sites is 1. The van der Waals surface area contributed by atoms with Gasteiger partial charge in [0.05, 0.1) is 22.0 Å². The Kier molecular flexibility index (Phi) is 11.9. The lowest BCUT2D eigenvalue weighted by atomic mass is 10.0. The summed E-state index contributed by atoms with van der Waals surface area (Å²) in [5.41, 5.74) is 2.74. The maximum Gasteiger partial charge on any atom is 0.244 e. The number of hydrogen-bond acceptors (Lipinski definition) is 4. The SMILES string of the molecule is CC(C)CNC(=O)C(Cc1ccccc1)N(Cc1ccc(Cl)c(Cl)c1)C(=O)CN(c1ccccc1C(C)C)S(C)(=O)=O. The Morgan fingerprint density at radius 2 is 1.50 bits per heavy atom. The molecule has 1 unspecified atom stereocenters. The number of amides is 2. The molecule has 1 N–H and O–H groups in total. The highest BCUT2D eigenvalue weighted by atomic mass is 35.5. The molecule has 0 heterocycles. The number of sulfonamides is 1. The lowest BCUT2D eigenvalue weighted by molar-refractivity contribution is -0.140. The predicted octanol–water partition coefficient (Wildman–Crippen LogP) is 6.30. The molecule has 0 aliphatic carbocycles. The summed E-state index contributed by atoms with van der Waals surface area (Å²) in [6.45, 7) is 7.87. The lowest BCUT2D eigenvalue weighted by Gasteiger charge is -2.34. The molecule has 0 aliphatic heterocycles. The molecule has 3 rings (SSSR count). The molecule has 226 valence electrons. The maximum absolute atomic E-state index is 14.3. The minimum Gasteiger partial charge on any atom is -0.354 e. The summed E-state index contributed by atoms with van der Waals surface area (Å²) in [5, 5.41) is 3.65. The van der Waals surface area contributed by atoms with E-state index >= 15 is 0 Å². The van der Waals surface area contributed by atoms with Crippen molar-refractivity contribution in [3.05, 3.63) is 99.5 Å². The van der Waals surface area contributed by atoms with E-state index in [-0.39, 0.29) is 30.7 Å². The van der Waals surface area contributed by atoms with E-state index in [2.05, 4.69) is 5.32 Å². The van der Waals surface area contributed by atoms with Gasteiger partial charge in [0.15, 0.2) is 0 Å². The summed E-state index contributed by atoms with van der Waals surface area (Å²) in [7, 11) is -3.87. The number of nitrogens with one attached hydrogen (secondary N) is 1. The van der Waals surface area contributed by atoms with Gasteiger partial charge in [-0.1, -0.05) is 105 Å². The second-order valence-electron chi connectivity index (χ2n) is 11.1. The fourth-order valence-corrected chi connectivity index (χ4v) is 5.80. The van der Waals surface area contributed by atoms with Crippen LogP contribution in [0.3, 0.4) is 0 Å². The fourth-order valence-electron chi connectivity index (χ4n) is 4.61. The Morgan fingerprint density at radius 3 is 2.10 bits per heavy atom. The van der Waals surface area contributed by atoms with Crippen molar-refractivity contribution in [2.24, 2.45) is 5.92 Å². The first-order valence-electron chi connectivity index (χ1n) is 13.9. The van der Waals surface area contributed by atoms with Gasteiger partial charge in [0, 0.05) is 19.5 Å². The topological polar surface area (TPSA) is 86.8 Å². The Labute approximate surface area is 259 Å². The Hall–Kier alpha value is -3.07. The zero-order chi connectivity index (χ0) is 31.0. The molecule has 42 heavy (non-hydrogen) atoms. The van der Waals surface area contributed by atoms with Crippen LogP contribution in [0.2, 0.25) is 10.0 Å². The molecule has 1 atom stereocenters. The largest absolute Gasteiger partial charge is 0.354 e. The number of hydrogen-bond donors (Lipinski definition) is 1. The van der Waals surface area contributed by atoms with E-state index in [1.54, 1.807) is 30.3 Å². The van der Waals surface area contributed by atoms with Gasteiger partial charge in [0.2, 0.25) is 21.8 Å². The highest BCUT2D eigenvalue weighted by Gasteiger charge is 2.33. The third-order valence-electron chi connectivity index (χ3n) is 6.80. The zero-order valence-electron chi connectivity index (χ0n) is 24.7. The molecule has 0 aliphatic rings. The van der Waals surface area contributed by atoms with E-state index in [4.69, 9.17) is 23.2 Å². The van der Waals surface area contributed by atoms with Gasteiger partial charge >= 0.3 is 0 Å². The average molecular weight is 633 g/mol. The second kappa shape index (κ2) is 14.9. The average Bonchev–Trinajstić information content (AvgIpc) is 2.94. The number of benzene rings is 3. The third kappa shape index (κ3) is 9.21. The molecule has 0 bridgehead atoms. The van der Waals surface area contributed by atoms with Crippen LogP contribution in [-0.2, 0) is 32.6 Å². The summed E-state index contributed by atoms with van der Waals surface area (Å²) >= 11 is 12.5. The Morgan fingerprint density at radius 1 is 0.857 bits per heavy atom. The summed E-state index contributed by atoms with van der Waals surface area (Å²) in [4.78, 5) is 29.4. The van der Waals surface area contributed by atoms with E-state index < -0.39 is 28.5 Å². The van der Waals surface area contributed by atoms with Gasteiger partial charge in [0.1, 0.15) is 12.6 Å². The molecular formula is C32H39Cl2N3O4S. The van der Waals surface area contributed by atoms with Crippen LogP contribution in [0, 0.1) is 5.92 Å². The summed E-state index contributed by atoms with van der Waals surface area (Å²) in [5.74, 6) is -0.639. The van der Waals surface area contributed by atoms with Crippen LogP contribution in [0.5, 0.6) is 0 Å². The highest BCUT2D eigenvalue weighted by molar-refractivity contribution is 7.92. The van der Waals surface area contributed by atoms with Gasteiger partial charge in [0.25, 0.3) is 0 Å². The first kappa shape index (κ1) is 33.4. The quantitative estimate of drug-likeness (QED) is 0.240. The van der Waals surface area contributed by atoms with Crippen molar-refractivity contribution in [1.29, 1.82) is 0 Å². The lowest BCUT2D eigenvalue weighted by Crippen LogP contribution is -2.53. The summed E-state index contributed by atoms with van der Waals surface area (Å²) in [6, 6.07) is 20.7. The molecule has 0 aromatic heterocycles. The van der Waals surface area contributed by atoms with Crippen molar-refractivity contribution in [2.75, 3.05) is 23.7 Å². The van der Waals surface area contributed by atoms with Crippen molar-refractivity contribution in [1.82, 2.24) is 10.2 Å². The molecule has 3 aromatic rings. The van der Waals surface area contributed by atoms with E-state index in [1.165, 1.54) is 4.90 Å². The number of rotatable bonds is 13. The standard InChI is InChI=1S/C32H39Cl2N3O4S/c1-22(2)19-35-32(39)30(18-24-11-7-6-8-12-24)36(20-25-15-16-27(33)28(34)17-25)31(38)21-37(42(5,40)41)29-14-10-9-13-26(29)23(3)4/h6-17,22-23,30H,18-21H2,1-5H3,(H,35,39). The van der Waals surface area contributed by atoms with Crippen LogP contribution < -0.4 is 9.62 Å². The van der Waals surface area contributed by atoms with Crippen LogP contribution in [0.15, 0.2) is 72.8 Å². The van der Waals surface area contributed by atoms with E-state index in [9.17, 15) is 18.0 Å². The van der Waals surface area contributed by atoms with Crippen molar-refractivity contribution >= 4 is 50.7 Å². The second-order valence-corrected chi connectivity index (χ2v) is 13.8. The molecule has 10 heteroatoms. The van der Waals surface area contributed by atoms with E-state index in [0.717, 1.165) is 21.7 Å². The molecule has 0 saturated heterocycles. The van der Waals surface area contributed by atoms with Crippen LogP contribution >= 0.6 is 23.2 Å². The number of carbonyl (C=O) groups excluding carboxylic acids is 2. The summed E-state index contributed by atoms with van der Waals surface area (Å²) < 4.78 is 27.4. The first-order chi connectivity index (χ1) is 19.8. The highest BCUT2D eigenvalue weighted by Crippen LogP contribution is 2.30. The van der Waals surface area contributed by atoms with E-state index in [0.29, 0.717) is 27.8 Å². The monoisotopic (exact) mass is 631 g/mol. The minimum absolute atomic E-state index is 0.0144. The molecule has 7 nitrogen and oxygen atoms in total. The van der Waals surface area contributed by atoms with Gasteiger partial charge in [-0.05, 0) is 46.7 Å². The van der Waals surface area contributed by atoms with Crippen molar-refractivity contribution in [2.45, 2.75) is 52.6 Å². The zero-order valence-corrected chi connectivity index (χ0v) is 27.0. The van der Waals surface area contributed by atoms with Gasteiger partial charge in [-0.3, -0.25) is 13.9 Å². The molecule has 0 saturated carbocycles. The van der Waals surface area contributed by atoms with Crippen LogP contribution in [0.4, 0.5) is 5.69 Å². The molecule has 0 spiro atoms. The smallest absolute Gasteiger partial charge is 0.244 e. The number of nitrogens with zero attached hydrogens (tertiary/aromatic N) is 2. The van der Waals surface area contributed by atoms with Crippen molar-refractivity contribution < 1.29 is 18.0 Å². The van der Waals surface area contributed by atoms with Crippen molar-refractivity contribution in [3.63, 3.8) is 0 Å². The van der Waals surface area contributed by atoms with Crippen LogP contribution in [0.25, 0.3) is 0 Å². The minimum atomic E-state index is -3.87. The van der Waals surface area contributed by atoms with Gasteiger partial charge in [-0.2, -0.15) is 0 Å². The van der Waals surface area contributed by atoms with E-state index in [1.807, 2.05) is 70.2 Å². The van der Waals surface area contributed by atoms with Crippen LogP contribution in [0.1, 0.15) is 50.3 Å². The molecule has 0 fully saturated rings. The van der Waals surface area contributed by atoms with Gasteiger partial charge in [-0.25, -0.2) is 8.42 Å². The van der Waals surface area contributed by atoms with Gasteiger partial charge in [-0.15, -0.1) is 0 Å². The Balaban J connectivity index is 2.10. The predicted molar refractivity (Wildman–Crippen MR) is 172 cm³/mol.